The smallest absolute Gasteiger partial charge is 0.0142 e. The minimum atomic E-state index is 0.760. The van der Waals surface area contributed by atoms with Gasteiger partial charge in [0.25, 0.3) is 0 Å². The summed E-state index contributed by atoms with van der Waals surface area (Å²) in [6, 6.07) is 1.69. The van der Waals surface area contributed by atoms with Gasteiger partial charge in [-0.25, -0.2) is 0 Å². The predicted molar refractivity (Wildman–Crippen MR) is 60.3 cm³/mol. The van der Waals surface area contributed by atoms with Crippen LogP contribution in [0.4, 0.5) is 0 Å². The Kier molecular flexibility index (Phi) is 3.20. The zero-order valence-electron chi connectivity index (χ0n) is 8.83. The van der Waals surface area contributed by atoms with Gasteiger partial charge in [0.05, 0.1) is 0 Å². The van der Waals surface area contributed by atoms with Gasteiger partial charge in [-0.3, -0.25) is 4.90 Å². The normalized spacial score (nSPS) is 36.2. The van der Waals surface area contributed by atoms with Crippen molar-refractivity contribution in [2.45, 2.75) is 45.2 Å². The van der Waals surface area contributed by atoms with E-state index in [1.165, 1.54) is 37.3 Å². The molecule has 2 aliphatic heterocycles. The van der Waals surface area contributed by atoms with Crippen molar-refractivity contribution >= 4 is 11.8 Å². The summed E-state index contributed by atoms with van der Waals surface area (Å²) < 4.78 is 0. The van der Waals surface area contributed by atoms with Crippen molar-refractivity contribution in [3.63, 3.8) is 0 Å². The first-order valence-corrected chi connectivity index (χ1v) is 6.78. The SMILES string of the molecule is CC(C)N1CCCC2CSCCC21. The van der Waals surface area contributed by atoms with Gasteiger partial charge < -0.3 is 0 Å². The van der Waals surface area contributed by atoms with Crippen molar-refractivity contribution in [2.24, 2.45) is 5.92 Å². The topological polar surface area (TPSA) is 3.24 Å². The molecular formula is C11H21NS. The Balaban J connectivity index is 2.02. The Bertz CT molecular complexity index is 167. The van der Waals surface area contributed by atoms with Crippen LogP contribution in [0.5, 0.6) is 0 Å². The highest BCUT2D eigenvalue weighted by Gasteiger charge is 2.34. The van der Waals surface area contributed by atoms with Crippen LogP contribution in [0.25, 0.3) is 0 Å². The minimum Gasteiger partial charge on any atom is -0.298 e. The standard InChI is InChI=1S/C11H21NS/c1-9(2)12-6-3-4-10-8-13-7-5-11(10)12/h9-11H,3-8H2,1-2H3. The molecule has 2 aliphatic rings. The number of rotatable bonds is 1. The maximum absolute atomic E-state index is 2.74. The second kappa shape index (κ2) is 4.22. The van der Waals surface area contributed by atoms with Crippen molar-refractivity contribution in [3.8, 4) is 0 Å². The van der Waals surface area contributed by atoms with Crippen LogP contribution in [0.3, 0.4) is 0 Å². The van der Waals surface area contributed by atoms with Gasteiger partial charge in [-0.05, 0) is 57.1 Å². The van der Waals surface area contributed by atoms with E-state index in [0.717, 1.165) is 18.0 Å². The maximum Gasteiger partial charge on any atom is 0.0142 e. The minimum absolute atomic E-state index is 0.760. The Morgan fingerprint density at radius 3 is 2.92 bits per heavy atom. The average molecular weight is 199 g/mol. The molecule has 2 saturated heterocycles. The lowest BCUT2D eigenvalue weighted by atomic mass is 9.87. The van der Waals surface area contributed by atoms with Crippen LogP contribution < -0.4 is 0 Å². The summed E-state index contributed by atoms with van der Waals surface area (Å²) in [4.78, 5) is 2.74. The second-order valence-electron chi connectivity index (χ2n) is 4.66. The van der Waals surface area contributed by atoms with Gasteiger partial charge in [0.2, 0.25) is 0 Å². The van der Waals surface area contributed by atoms with Crippen LogP contribution in [0.15, 0.2) is 0 Å². The number of piperidine rings is 1. The molecular weight excluding hydrogens is 178 g/mol. The summed E-state index contributed by atoms with van der Waals surface area (Å²) in [5.74, 6) is 3.83. The lowest BCUT2D eigenvalue weighted by Gasteiger charge is -2.45. The molecule has 0 aromatic heterocycles. The van der Waals surface area contributed by atoms with Gasteiger partial charge in [-0.1, -0.05) is 0 Å². The summed E-state index contributed by atoms with van der Waals surface area (Å²) >= 11 is 2.17. The van der Waals surface area contributed by atoms with E-state index in [1.54, 1.807) is 0 Å². The molecule has 0 radical (unpaired) electrons. The molecule has 2 fully saturated rings. The number of hydrogen-bond acceptors (Lipinski definition) is 2. The summed E-state index contributed by atoms with van der Waals surface area (Å²) in [6.45, 7) is 6.05. The number of likely N-dealkylation sites (tertiary alicyclic amines) is 1. The first-order chi connectivity index (χ1) is 6.29. The maximum atomic E-state index is 2.74. The highest BCUT2D eigenvalue weighted by molar-refractivity contribution is 7.99. The van der Waals surface area contributed by atoms with E-state index in [9.17, 15) is 0 Å². The van der Waals surface area contributed by atoms with E-state index < -0.39 is 0 Å². The summed E-state index contributed by atoms with van der Waals surface area (Å²) in [7, 11) is 0. The Labute approximate surface area is 86.3 Å². The molecule has 2 heteroatoms. The fraction of sp³-hybridized carbons (Fsp3) is 1.00. The van der Waals surface area contributed by atoms with Crippen molar-refractivity contribution in [3.05, 3.63) is 0 Å². The number of nitrogens with zero attached hydrogens (tertiary/aromatic N) is 1. The van der Waals surface area contributed by atoms with E-state index in [4.69, 9.17) is 0 Å². The van der Waals surface area contributed by atoms with Crippen LogP contribution in [0, 0.1) is 5.92 Å². The lowest BCUT2D eigenvalue weighted by molar-refractivity contribution is 0.0685. The van der Waals surface area contributed by atoms with Crippen molar-refractivity contribution in [1.29, 1.82) is 0 Å². The summed E-state index contributed by atoms with van der Waals surface area (Å²) in [5.41, 5.74) is 0. The molecule has 1 nitrogen and oxygen atoms in total. The van der Waals surface area contributed by atoms with Crippen LogP contribution >= 0.6 is 11.8 Å². The first kappa shape index (κ1) is 9.85. The quantitative estimate of drug-likeness (QED) is 0.638. The number of fused-ring (bicyclic) bond motifs is 1. The highest BCUT2D eigenvalue weighted by Crippen LogP contribution is 2.34. The molecule has 2 unspecified atom stereocenters. The number of thioether (sulfide) groups is 1. The molecule has 2 heterocycles. The molecule has 0 spiro atoms. The lowest BCUT2D eigenvalue weighted by Crippen LogP contribution is -2.50. The van der Waals surface area contributed by atoms with E-state index in [0.29, 0.717) is 0 Å². The molecule has 0 saturated carbocycles. The predicted octanol–water partition coefficient (Wildman–Crippen LogP) is 2.61. The van der Waals surface area contributed by atoms with Gasteiger partial charge in [0.1, 0.15) is 0 Å². The molecule has 76 valence electrons. The average Bonchev–Trinajstić information content (AvgIpc) is 2.17. The molecule has 0 N–H and O–H groups in total. The van der Waals surface area contributed by atoms with E-state index in [-0.39, 0.29) is 0 Å². The van der Waals surface area contributed by atoms with Gasteiger partial charge >= 0.3 is 0 Å². The molecule has 13 heavy (non-hydrogen) atoms. The Hall–Kier alpha value is 0.310. The van der Waals surface area contributed by atoms with Crippen molar-refractivity contribution < 1.29 is 0 Å². The highest BCUT2D eigenvalue weighted by atomic mass is 32.2. The van der Waals surface area contributed by atoms with Crippen molar-refractivity contribution in [1.82, 2.24) is 4.90 Å². The van der Waals surface area contributed by atoms with Crippen LogP contribution in [0.1, 0.15) is 33.1 Å². The van der Waals surface area contributed by atoms with Gasteiger partial charge in [-0.2, -0.15) is 11.8 Å². The summed E-state index contributed by atoms with van der Waals surface area (Å²) in [6.07, 6.45) is 4.36. The van der Waals surface area contributed by atoms with Gasteiger partial charge in [-0.15, -0.1) is 0 Å². The van der Waals surface area contributed by atoms with Crippen LogP contribution in [-0.2, 0) is 0 Å². The van der Waals surface area contributed by atoms with Crippen LogP contribution in [0.2, 0.25) is 0 Å². The molecule has 2 rings (SSSR count). The third-order valence-corrected chi connectivity index (χ3v) is 4.70. The Morgan fingerprint density at radius 2 is 2.15 bits per heavy atom. The van der Waals surface area contributed by atoms with Crippen molar-refractivity contribution in [2.75, 3.05) is 18.1 Å². The third kappa shape index (κ3) is 2.04. The molecule has 0 bridgehead atoms. The second-order valence-corrected chi connectivity index (χ2v) is 5.81. The first-order valence-electron chi connectivity index (χ1n) is 5.62. The number of hydrogen-bond donors (Lipinski definition) is 0. The Morgan fingerprint density at radius 1 is 1.31 bits per heavy atom. The van der Waals surface area contributed by atoms with Crippen LogP contribution in [-0.4, -0.2) is 35.0 Å². The molecule has 0 aliphatic carbocycles. The zero-order chi connectivity index (χ0) is 9.26. The van der Waals surface area contributed by atoms with E-state index in [2.05, 4.69) is 30.5 Å². The molecule has 2 atom stereocenters. The molecule has 0 aromatic carbocycles. The fourth-order valence-corrected chi connectivity index (χ4v) is 4.11. The van der Waals surface area contributed by atoms with Gasteiger partial charge in [0, 0.05) is 12.1 Å². The molecule has 0 amide bonds. The van der Waals surface area contributed by atoms with E-state index in [1.807, 2.05) is 0 Å². The monoisotopic (exact) mass is 199 g/mol. The fourth-order valence-electron chi connectivity index (χ4n) is 2.84. The largest absolute Gasteiger partial charge is 0.298 e. The summed E-state index contributed by atoms with van der Waals surface area (Å²) in [5, 5.41) is 0. The third-order valence-electron chi connectivity index (χ3n) is 3.51. The molecule has 0 aromatic rings. The van der Waals surface area contributed by atoms with Gasteiger partial charge in [0.15, 0.2) is 0 Å². The van der Waals surface area contributed by atoms with E-state index >= 15 is 0 Å². The zero-order valence-corrected chi connectivity index (χ0v) is 9.65.